The number of aromatic amines is 1. The lowest BCUT2D eigenvalue weighted by atomic mass is 10.1. The van der Waals surface area contributed by atoms with Gasteiger partial charge in [0, 0.05) is 12.2 Å². The Hall–Kier alpha value is -2.76. The molecule has 0 spiro atoms. The van der Waals surface area contributed by atoms with Crippen LogP contribution in [0.15, 0.2) is 24.3 Å². The number of carbonyl (C=O) groups excluding carboxylic acids is 2. The highest BCUT2D eigenvalue weighted by atomic mass is 16.5. The predicted octanol–water partition coefficient (Wildman–Crippen LogP) is 2.44. The van der Waals surface area contributed by atoms with Crippen LogP contribution in [0.25, 0.3) is 0 Å². The van der Waals surface area contributed by atoms with Crippen molar-refractivity contribution < 1.29 is 19.4 Å². The first kappa shape index (κ1) is 16.6. The van der Waals surface area contributed by atoms with Crippen LogP contribution in [0, 0.1) is 13.8 Å². The number of aryl methyl sites for hydroxylation is 1. The van der Waals surface area contributed by atoms with Gasteiger partial charge in [0.1, 0.15) is 11.4 Å². The van der Waals surface area contributed by atoms with Crippen LogP contribution >= 0.6 is 0 Å². The second-order valence-electron chi connectivity index (χ2n) is 5.20. The summed E-state index contributed by atoms with van der Waals surface area (Å²) >= 11 is 0. The Morgan fingerprint density at radius 3 is 2.70 bits per heavy atom. The number of H-pyrrole nitrogens is 1. The van der Waals surface area contributed by atoms with Gasteiger partial charge in [0.2, 0.25) is 0 Å². The molecule has 0 aliphatic rings. The number of aromatic nitrogens is 1. The minimum absolute atomic E-state index is 0.148. The zero-order valence-electron chi connectivity index (χ0n) is 13.4. The van der Waals surface area contributed by atoms with E-state index in [-0.39, 0.29) is 24.8 Å². The molecule has 0 radical (unpaired) electrons. The number of nitrogens with one attached hydrogen (secondary N) is 2. The normalized spacial score (nSPS) is 10.4. The Morgan fingerprint density at radius 2 is 2.04 bits per heavy atom. The summed E-state index contributed by atoms with van der Waals surface area (Å²) in [5, 5.41) is 12.2. The molecule has 0 unspecified atom stereocenters. The summed E-state index contributed by atoms with van der Waals surface area (Å²) in [6.07, 6.45) is 0. The maximum atomic E-state index is 12.4. The van der Waals surface area contributed by atoms with Crippen molar-refractivity contribution in [1.29, 1.82) is 0 Å². The first-order valence-corrected chi connectivity index (χ1v) is 7.36. The fourth-order valence-corrected chi connectivity index (χ4v) is 2.44. The number of ether oxygens (including phenoxy) is 1. The lowest BCUT2D eigenvalue weighted by molar-refractivity contribution is 0.0519. The number of esters is 1. The van der Waals surface area contributed by atoms with E-state index in [1.807, 2.05) is 0 Å². The predicted molar refractivity (Wildman–Crippen MR) is 85.5 cm³/mol. The van der Waals surface area contributed by atoms with E-state index in [2.05, 4.69) is 10.3 Å². The molecule has 1 amide bonds. The summed E-state index contributed by atoms with van der Waals surface area (Å²) < 4.78 is 4.97. The van der Waals surface area contributed by atoms with Crippen molar-refractivity contribution in [3.63, 3.8) is 0 Å². The molecule has 0 aliphatic carbocycles. The van der Waals surface area contributed by atoms with Gasteiger partial charge in [0.15, 0.2) is 0 Å². The smallest absolute Gasteiger partial charge is 0.355 e. The van der Waals surface area contributed by atoms with Gasteiger partial charge in [-0.2, -0.15) is 0 Å². The summed E-state index contributed by atoms with van der Waals surface area (Å²) in [5.74, 6) is -0.606. The van der Waals surface area contributed by atoms with E-state index in [1.54, 1.807) is 45.0 Å². The van der Waals surface area contributed by atoms with E-state index in [1.165, 1.54) is 0 Å². The van der Waals surface area contributed by atoms with Crippen molar-refractivity contribution >= 4 is 11.9 Å². The van der Waals surface area contributed by atoms with Crippen molar-refractivity contribution in [2.75, 3.05) is 6.61 Å². The third-order valence-corrected chi connectivity index (χ3v) is 3.51. The van der Waals surface area contributed by atoms with Crippen LogP contribution in [-0.4, -0.2) is 28.6 Å². The average molecular weight is 316 g/mol. The molecule has 1 aromatic carbocycles. The van der Waals surface area contributed by atoms with Gasteiger partial charge >= 0.3 is 5.97 Å². The number of hydrogen-bond acceptors (Lipinski definition) is 4. The molecular formula is C17H20N2O4. The summed E-state index contributed by atoms with van der Waals surface area (Å²) in [6, 6.07) is 6.67. The number of hydrogen-bond donors (Lipinski definition) is 3. The number of rotatable bonds is 5. The first-order valence-electron chi connectivity index (χ1n) is 7.36. The van der Waals surface area contributed by atoms with Gasteiger partial charge in [-0.3, -0.25) is 4.79 Å². The fourth-order valence-electron chi connectivity index (χ4n) is 2.44. The summed E-state index contributed by atoms with van der Waals surface area (Å²) in [4.78, 5) is 27.2. The van der Waals surface area contributed by atoms with Crippen molar-refractivity contribution in [1.82, 2.24) is 10.3 Å². The zero-order chi connectivity index (χ0) is 17.0. The highest BCUT2D eigenvalue weighted by Crippen LogP contribution is 2.19. The van der Waals surface area contributed by atoms with Crippen LogP contribution < -0.4 is 5.32 Å². The maximum absolute atomic E-state index is 12.4. The number of phenols is 1. The second-order valence-corrected chi connectivity index (χ2v) is 5.20. The highest BCUT2D eigenvalue weighted by Gasteiger charge is 2.22. The molecule has 2 aromatic rings. The zero-order valence-corrected chi connectivity index (χ0v) is 13.4. The molecule has 122 valence electrons. The largest absolute Gasteiger partial charge is 0.508 e. The van der Waals surface area contributed by atoms with Crippen LogP contribution in [-0.2, 0) is 11.3 Å². The quantitative estimate of drug-likeness (QED) is 0.739. The Balaban J connectivity index is 2.15. The molecule has 0 saturated heterocycles. The molecule has 1 heterocycles. The number of phenolic OH excluding ortho intramolecular Hbond substituents is 1. The van der Waals surface area contributed by atoms with Gasteiger partial charge in [-0.25, -0.2) is 4.79 Å². The van der Waals surface area contributed by atoms with E-state index >= 15 is 0 Å². The van der Waals surface area contributed by atoms with Crippen molar-refractivity contribution in [3.8, 4) is 5.75 Å². The number of aromatic hydroxyl groups is 1. The molecular weight excluding hydrogens is 296 g/mol. The SMILES string of the molecule is CCOC(=O)c1[nH]c(C)c(C(=O)NCc2cccc(O)c2)c1C. The molecule has 0 atom stereocenters. The van der Waals surface area contributed by atoms with Gasteiger partial charge in [-0.15, -0.1) is 0 Å². The molecule has 0 aliphatic heterocycles. The van der Waals surface area contributed by atoms with E-state index in [4.69, 9.17) is 4.74 Å². The Labute approximate surface area is 134 Å². The Kier molecular flexibility index (Phi) is 5.05. The van der Waals surface area contributed by atoms with Gasteiger partial charge in [0.25, 0.3) is 5.91 Å². The van der Waals surface area contributed by atoms with Gasteiger partial charge in [-0.1, -0.05) is 12.1 Å². The second kappa shape index (κ2) is 7.00. The topological polar surface area (TPSA) is 91.4 Å². The first-order chi connectivity index (χ1) is 10.9. The molecule has 3 N–H and O–H groups in total. The maximum Gasteiger partial charge on any atom is 0.355 e. The van der Waals surface area contributed by atoms with E-state index in [0.29, 0.717) is 22.5 Å². The summed E-state index contributed by atoms with van der Waals surface area (Å²) in [7, 11) is 0. The van der Waals surface area contributed by atoms with E-state index in [0.717, 1.165) is 5.56 Å². The molecule has 0 bridgehead atoms. The fraction of sp³-hybridized carbons (Fsp3) is 0.294. The van der Waals surface area contributed by atoms with Crippen LogP contribution in [0.3, 0.4) is 0 Å². The third-order valence-electron chi connectivity index (χ3n) is 3.51. The third kappa shape index (κ3) is 3.71. The van der Waals surface area contributed by atoms with Crippen LogP contribution in [0.5, 0.6) is 5.75 Å². The lowest BCUT2D eigenvalue weighted by Gasteiger charge is -2.07. The molecule has 6 heteroatoms. The standard InChI is InChI=1S/C17H20N2O4/c1-4-23-17(22)15-10(2)14(11(3)19-15)16(21)18-9-12-6-5-7-13(20)8-12/h5-8,19-20H,4,9H2,1-3H3,(H,18,21). The average Bonchev–Trinajstić information content (AvgIpc) is 2.80. The van der Waals surface area contributed by atoms with Crippen LogP contribution in [0.1, 0.15) is 44.6 Å². The van der Waals surface area contributed by atoms with E-state index in [9.17, 15) is 14.7 Å². The van der Waals surface area contributed by atoms with Crippen molar-refractivity contribution in [2.45, 2.75) is 27.3 Å². The molecule has 1 aromatic heterocycles. The number of amides is 1. The van der Waals surface area contributed by atoms with Crippen LogP contribution in [0.2, 0.25) is 0 Å². The lowest BCUT2D eigenvalue weighted by Crippen LogP contribution is -2.24. The Bertz CT molecular complexity index is 734. The Morgan fingerprint density at radius 1 is 1.30 bits per heavy atom. The number of carbonyl (C=O) groups is 2. The van der Waals surface area contributed by atoms with Gasteiger partial charge < -0.3 is 20.1 Å². The molecule has 0 saturated carbocycles. The number of benzene rings is 1. The van der Waals surface area contributed by atoms with Crippen LogP contribution in [0.4, 0.5) is 0 Å². The van der Waals surface area contributed by atoms with Gasteiger partial charge in [0.05, 0.1) is 12.2 Å². The summed E-state index contributed by atoms with van der Waals surface area (Å²) in [6.45, 7) is 5.73. The van der Waals surface area contributed by atoms with Crippen molar-refractivity contribution in [3.05, 3.63) is 52.3 Å². The minimum atomic E-state index is -0.472. The summed E-state index contributed by atoms with van der Waals surface area (Å²) in [5.41, 5.74) is 2.70. The molecule has 6 nitrogen and oxygen atoms in total. The molecule has 2 rings (SSSR count). The molecule has 0 fully saturated rings. The molecule has 23 heavy (non-hydrogen) atoms. The van der Waals surface area contributed by atoms with Crippen molar-refractivity contribution in [2.24, 2.45) is 0 Å². The van der Waals surface area contributed by atoms with E-state index < -0.39 is 5.97 Å². The minimum Gasteiger partial charge on any atom is -0.508 e. The monoisotopic (exact) mass is 316 g/mol. The highest BCUT2D eigenvalue weighted by molar-refractivity contribution is 6.01. The van der Waals surface area contributed by atoms with Gasteiger partial charge in [-0.05, 0) is 44.0 Å².